The first-order valence-electron chi connectivity index (χ1n) is 7.88. The van der Waals surface area contributed by atoms with Crippen molar-refractivity contribution in [1.82, 2.24) is 5.01 Å². The molecule has 1 N–H and O–H groups in total. The molecule has 0 bridgehead atoms. The monoisotopic (exact) mass is 462 g/mol. The van der Waals surface area contributed by atoms with Crippen molar-refractivity contribution in [2.24, 2.45) is 10.1 Å². The fraction of sp³-hybridized carbons (Fsp3) is 0.167. The second-order valence-corrected chi connectivity index (χ2v) is 7.88. The lowest BCUT2D eigenvalue weighted by atomic mass is 10.0. The Morgan fingerprint density at radius 3 is 2.88 bits per heavy atom. The summed E-state index contributed by atoms with van der Waals surface area (Å²) in [5, 5.41) is 10.0. The molecule has 4 rings (SSSR count). The van der Waals surface area contributed by atoms with Crippen LogP contribution in [-0.4, -0.2) is 28.1 Å². The number of nitrogens with one attached hydrogen (secondary N) is 1. The molecule has 126 valence electrons. The molecule has 0 aromatic heterocycles. The molecule has 2 aliphatic rings. The summed E-state index contributed by atoms with van der Waals surface area (Å²) in [6, 6.07) is 16.0. The van der Waals surface area contributed by atoms with E-state index in [0.717, 1.165) is 26.5 Å². The first-order chi connectivity index (χ1) is 12.2. The molecule has 0 fully saturated rings. The molecule has 1 amide bonds. The normalized spacial score (nSPS) is 17.7. The van der Waals surface area contributed by atoms with Crippen LogP contribution in [0.3, 0.4) is 0 Å². The Morgan fingerprint density at radius 1 is 1.24 bits per heavy atom. The van der Waals surface area contributed by atoms with Crippen LogP contribution in [0.4, 0.5) is 11.4 Å². The number of amides is 1. The summed E-state index contributed by atoms with van der Waals surface area (Å²) >= 11 is 3.66. The van der Waals surface area contributed by atoms with Gasteiger partial charge in [-0.2, -0.15) is 5.10 Å². The summed E-state index contributed by atoms with van der Waals surface area (Å²) in [6.45, 7) is 0. The Bertz CT molecular complexity index is 866. The lowest BCUT2D eigenvalue weighted by Gasteiger charge is -2.29. The number of thioether (sulfide) groups is 1. The van der Waals surface area contributed by atoms with Crippen molar-refractivity contribution < 1.29 is 4.79 Å². The summed E-state index contributed by atoms with van der Waals surface area (Å²) in [5.41, 5.74) is 2.96. The van der Waals surface area contributed by atoms with Gasteiger partial charge in [-0.05, 0) is 52.9 Å². The second-order valence-electron chi connectivity index (χ2n) is 5.69. The zero-order valence-electron chi connectivity index (χ0n) is 13.2. The number of halogens is 1. The number of nitrogens with zero attached hydrogens (tertiary/aromatic N) is 3. The van der Waals surface area contributed by atoms with E-state index in [2.05, 4.69) is 44.1 Å². The molecule has 0 saturated heterocycles. The summed E-state index contributed by atoms with van der Waals surface area (Å²) < 4.78 is 1.14. The van der Waals surface area contributed by atoms with Crippen LogP contribution in [0.1, 0.15) is 18.0 Å². The first-order valence-corrected chi connectivity index (χ1v) is 9.94. The number of hydrogen-bond acceptors (Lipinski definition) is 5. The van der Waals surface area contributed by atoms with Crippen LogP contribution in [-0.2, 0) is 4.79 Å². The molecular formula is C18H15IN4OS. The van der Waals surface area contributed by atoms with Gasteiger partial charge in [0.25, 0.3) is 0 Å². The third-order valence-corrected chi connectivity index (χ3v) is 5.66. The Hall–Kier alpha value is -1.87. The number of rotatable bonds is 3. The molecule has 0 aliphatic carbocycles. The number of para-hydroxylation sites is 1. The maximum absolute atomic E-state index is 12.2. The average molecular weight is 462 g/mol. The molecule has 0 saturated carbocycles. The number of amidine groups is 1. The third kappa shape index (κ3) is 3.57. The number of fused-ring (bicyclic) bond motifs is 3. The van der Waals surface area contributed by atoms with E-state index >= 15 is 0 Å². The van der Waals surface area contributed by atoms with Crippen LogP contribution < -0.4 is 5.32 Å². The predicted molar refractivity (Wildman–Crippen MR) is 111 cm³/mol. The van der Waals surface area contributed by atoms with Gasteiger partial charge in [0.15, 0.2) is 5.17 Å². The van der Waals surface area contributed by atoms with Crippen molar-refractivity contribution in [2.75, 3.05) is 11.1 Å². The Morgan fingerprint density at radius 2 is 2.04 bits per heavy atom. The van der Waals surface area contributed by atoms with Crippen LogP contribution in [0.15, 0.2) is 58.6 Å². The minimum absolute atomic E-state index is 0.0486. The average Bonchev–Trinajstić information content (AvgIpc) is 3.12. The van der Waals surface area contributed by atoms with Gasteiger partial charge in [-0.3, -0.25) is 4.79 Å². The van der Waals surface area contributed by atoms with Crippen LogP contribution in [0.5, 0.6) is 0 Å². The SMILES string of the molecule is O=C(CSC1=Nc2ccccc2[C@@H]2CC=NN12)Nc1ccc(I)cc1. The van der Waals surface area contributed by atoms with Gasteiger partial charge in [-0.15, -0.1) is 0 Å². The zero-order chi connectivity index (χ0) is 17.2. The third-order valence-electron chi connectivity index (χ3n) is 4.00. The van der Waals surface area contributed by atoms with Crippen molar-refractivity contribution >= 4 is 63.0 Å². The highest BCUT2D eigenvalue weighted by Gasteiger charge is 2.32. The molecule has 2 aliphatic heterocycles. The fourth-order valence-corrected chi connectivity index (χ4v) is 4.00. The van der Waals surface area contributed by atoms with E-state index in [-0.39, 0.29) is 11.9 Å². The van der Waals surface area contributed by atoms with E-state index in [0.29, 0.717) is 5.75 Å². The number of aliphatic imine (C=N–C) groups is 1. The molecule has 2 aromatic carbocycles. The summed E-state index contributed by atoms with van der Waals surface area (Å²) in [5.74, 6) is 0.249. The molecule has 1 atom stereocenters. The largest absolute Gasteiger partial charge is 0.325 e. The van der Waals surface area contributed by atoms with Gasteiger partial charge in [0.05, 0.1) is 17.5 Å². The van der Waals surface area contributed by atoms with Crippen LogP contribution >= 0.6 is 34.4 Å². The van der Waals surface area contributed by atoms with Crippen molar-refractivity contribution in [3.63, 3.8) is 0 Å². The Labute approximate surface area is 163 Å². The number of benzene rings is 2. The number of anilines is 1. The molecule has 0 spiro atoms. The minimum Gasteiger partial charge on any atom is -0.325 e. The van der Waals surface area contributed by atoms with Gasteiger partial charge >= 0.3 is 0 Å². The molecule has 2 aromatic rings. The van der Waals surface area contributed by atoms with E-state index in [9.17, 15) is 4.79 Å². The van der Waals surface area contributed by atoms with Gasteiger partial charge in [0.1, 0.15) is 0 Å². The quantitative estimate of drug-likeness (QED) is 0.689. The van der Waals surface area contributed by atoms with E-state index in [1.807, 2.05) is 53.7 Å². The van der Waals surface area contributed by atoms with Crippen LogP contribution in [0.25, 0.3) is 0 Å². The highest BCUT2D eigenvalue weighted by Crippen LogP contribution is 2.40. The van der Waals surface area contributed by atoms with Crippen molar-refractivity contribution in [3.8, 4) is 0 Å². The maximum Gasteiger partial charge on any atom is 0.234 e. The van der Waals surface area contributed by atoms with Crippen molar-refractivity contribution in [2.45, 2.75) is 12.5 Å². The number of hydrazone groups is 1. The summed E-state index contributed by atoms with van der Waals surface area (Å²) in [4.78, 5) is 16.9. The highest BCUT2D eigenvalue weighted by atomic mass is 127. The van der Waals surface area contributed by atoms with E-state index in [4.69, 9.17) is 0 Å². The molecular weight excluding hydrogens is 447 g/mol. The van der Waals surface area contributed by atoms with E-state index < -0.39 is 0 Å². The zero-order valence-corrected chi connectivity index (χ0v) is 16.2. The first kappa shape index (κ1) is 16.6. The summed E-state index contributed by atoms with van der Waals surface area (Å²) in [6.07, 6.45) is 2.78. The summed E-state index contributed by atoms with van der Waals surface area (Å²) in [7, 11) is 0. The lowest BCUT2D eigenvalue weighted by molar-refractivity contribution is -0.113. The van der Waals surface area contributed by atoms with Gasteiger partial charge in [0.2, 0.25) is 5.91 Å². The van der Waals surface area contributed by atoms with Gasteiger partial charge in [-0.25, -0.2) is 10.0 Å². The lowest BCUT2D eigenvalue weighted by Crippen LogP contribution is -2.29. The second kappa shape index (κ2) is 7.17. The number of carbonyl (C=O) groups is 1. The maximum atomic E-state index is 12.2. The van der Waals surface area contributed by atoms with Crippen LogP contribution in [0, 0.1) is 3.57 Å². The van der Waals surface area contributed by atoms with Gasteiger partial charge in [-0.1, -0.05) is 30.0 Å². The number of carbonyl (C=O) groups excluding carboxylic acids is 1. The van der Waals surface area contributed by atoms with Gasteiger partial charge < -0.3 is 5.32 Å². The Balaban J connectivity index is 1.45. The highest BCUT2D eigenvalue weighted by molar-refractivity contribution is 14.1. The molecule has 0 radical (unpaired) electrons. The predicted octanol–water partition coefficient (Wildman–Crippen LogP) is 4.40. The molecule has 5 nitrogen and oxygen atoms in total. The molecule has 0 unspecified atom stereocenters. The smallest absolute Gasteiger partial charge is 0.234 e. The molecule has 25 heavy (non-hydrogen) atoms. The van der Waals surface area contributed by atoms with E-state index in [1.54, 1.807) is 0 Å². The minimum atomic E-state index is -0.0486. The van der Waals surface area contributed by atoms with E-state index in [1.165, 1.54) is 17.3 Å². The van der Waals surface area contributed by atoms with Crippen molar-refractivity contribution in [3.05, 3.63) is 57.7 Å². The van der Waals surface area contributed by atoms with Crippen LogP contribution in [0.2, 0.25) is 0 Å². The number of hydrogen-bond donors (Lipinski definition) is 1. The van der Waals surface area contributed by atoms with Crippen molar-refractivity contribution in [1.29, 1.82) is 0 Å². The standard InChI is InChI=1S/C18H15IN4OS/c19-12-5-7-13(8-6-12)21-17(24)11-25-18-22-15-4-2-1-3-14(15)16-9-10-20-23(16)18/h1-8,10,16H,9,11H2,(H,21,24)/t16-/m0/s1. The molecule has 2 heterocycles. The topological polar surface area (TPSA) is 57.1 Å². The Kier molecular flexibility index (Phi) is 4.76. The fourth-order valence-electron chi connectivity index (χ4n) is 2.84. The van der Waals surface area contributed by atoms with Gasteiger partial charge in [0, 0.05) is 27.5 Å². The molecule has 7 heteroatoms.